The Labute approximate surface area is 104 Å². The van der Waals surface area contributed by atoms with Crippen molar-refractivity contribution in [1.29, 1.82) is 0 Å². The maximum atomic E-state index is 9.78. The molecular weight excluding hydrogens is 226 g/mol. The smallest absolute Gasteiger partial charge is 0.142 e. The van der Waals surface area contributed by atoms with Gasteiger partial charge in [0.25, 0.3) is 0 Å². The average molecular weight is 239 g/mol. The van der Waals surface area contributed by atoms with Crippen LogP contribution in [-0.4, -0.2) is 5.11 Å². The average Bonchev–Trinajstić information content (AvgIpc) is 2.81. The van der Waals surface area contributed by atoms with E-state index in [1.54, 1.807) is 12.1 Å². The first kappa shape index (κ1) is 10.9. The first-order chi connectivity index (χ1) is 8.78. The fourth-order valence-corrected chi connectivity index (χ4v) is 2.12. The number of furan rings is 1. The number of benzene rings is 2. The first-order valence-electron chi connectivity index (χ1n) is 5.79. The monoisotopic (exact) mass is 239 g/mol. The molecule has 0 spiro atoms. The van der Waals surface area contributed by atoms with Crippen molar-refractivity contribution in [1.82, 2.24) is 0 Å². The molecule has 3 aromatic rings. The maximum Gasteiger partial charge on any atom is 0.142 e. The number of phenols is 1. The Bertz CT molecular complexity index is 686. The van der Waals surface area contributed by atoms with Gasteiger partial charge in [-0.1, -0.05) is 30.3 Å². The lowest BCUT2D eigenvalue weighted by Gasteiger charge is -2.03. The van der Waals surface area contributed by atoms with Crippen LogP contribution in [0.5, 0.6) is 5.75 Å². The summed E-state index contributed by atoms with van der Waals surface area (Å²) in [6.07, 6.45) is 0. The molecular formula is C15H13NO2. The molecule has 0 amide bonds. The minimum atomic E-state index is 0.228. The summed E-state index contributed by atoms with van der Waals surface area (Å²) in [6.45, 7) is 0.351. The van der Waals surface area contributed by atoms with Gasteiger partial charge in [0.1, 0.15) is 17.1 Å². The number of aromatic hydroxyl groups is 1. The lowest BCUT2D eigenvalue weighted by Crippen LogP contribution is -1.92. The van der Waals surface area contributed by atoms with E-state index in [4.69, 9.17) is 10.2 Å². The molecule has 0 atom stereocenters. The highest BCUT2D eigenvalue weighted by Crippen LogP contribution is 2.34. The Kier molecular flexibility index (Phi) is 2.54. The highest BCUT2D eigenvalue weighted by molar-refractivity contribution is 5.94. The zero-order valence-corrected chi connectivity index (χ0v) is 9.76. The maximum absolute atomic E-state index is 9.78. The topological polar surface area (TPSA) is 59.4 Å². The van der Waals surface area contributed by atoms with Gasteiger partial charge in [-0.25, -0.2) is 0 Å². The molecule has 0 fully saturated rings. The Morgan fingerprint density at radius 2 is 1.83 bits per heavy atom. The van der Waals surface area contributed by atoms with Crippen molar-refractivity contribution >= 4 is 11.0 Å². The van der Waals surface area contributed by atoms with Gasteiger partial charge in [-0.15, -0.1) is 0 Å². The minimum absolute atomic E-state index is 0.228. The van der Waals surface area contributed by atoms with Gasteiger partial charge in [0, 0.05) is 10.9 Å². The summed E-state index contributed by atoms with van der Waals surface area (Å²) in [7, 11) is 0. The van der Waals surface area contributed by atoms with Crippen LogP contribution in [0.1, 0.15) is 5.76 Å². The predicted molar refractivity (Wildman–Crippen MR) is 71.2 cm³/mol. The fourth-order valence-electron chi connectivity index (χ4n) is 2.12. The predicted octanol–water partition coefficient (Wildman–Crippen LogP) is 3.26. The van der Waals surface area contributed by atoms with E-state index in [0.29, 0.717) is 12.3 Å². The Morgan fingerprint density at radius 3 is 2.56 bits per heavy atom. The molecule has 0 saturated carbocycles. The zero-order chi connectivity index (χ0) is 12.5. The van der Waals surface area contributed by atoms with Crippen LogP contribution in [0.3, 0.4) is 0 Å². The van der Waals surface area contributed by atoms with Crippen molar-refractivity contribution in [3.63, 3.8) is 0 Å². The minimum Gasteiger partial charge on any atom is -0.508 e. The molecule has 0 bridgehead atoms. The van der Waals surface area contributed by atoms with Crippen LogP contribution in [0, 0.1) is 0 Å². The number of hydrogen-bond donors (Lipinski definition) is 2. The fraction of sp³-hybridized carbons (Fsp3) is 0.0667. The third kappa shape index (κ3) is 1.75. The number of rotatable bonds is 2. The van der Waals surface area contributed by atoms with E-state index < -0.39 is 0 Å². The van der Waals surface area contributed by atoms with Crippen molar-refractivity contribution < 1.29 is 9.52 Å². The highest BCUT2D eigenvalue weighted by atomic mass is 16.3. The number of hydrogen-bond acceptors (Lipinski definition) is 3. The molecule has 18 heavy (non-hydrogen) atoms. The molecule has 1 heterocycles. The Hall–Kier alpha value is -2.26. The number of nitrogens with two attached hydrogens (primary N) is 1. The first-order valence-corrected chi connectivity index (χ1v) is 5.79. The van der Waals surface area contributed by atoms with Crippen molar-refractivity contribution in [3.05, 3.63) is 54.3 Å². The second kappa shape index (κ2) is 4.20. The van der Waals surface area contributed by atoms with Gasteiger partial charge in [0.05, 0.1) is 6.54 Å². The van der Waals surface area contributed by atoms with E-state index in [9.17, 15) is 5.11 Å². The molecule has 0 aliphatic carbocycles. The van der Waals surface area contributed by atoms with Crippen molar-refractivity contribution in [2.24, 2.45) is 5.73 Å². The molecule has 90 valence electrons. The van der Waals surface area contributed by atoms with E-state index in [2.05, 4.69) is 0 Å². The lowest BCUT2D eigenvalue weighted by atomic mass is 10.0. The summed E-state index contributed by atoms with van der Waals surface area (Å²) in [5.74, 6) is 0.943. The third-order valence-electron chi connectivity index (χ3n) is 2.94. The molecule has 0 aliphatic rings. The molecule has 3 rings (SSSR count). The molecule has 3 N–H and O–H groups in total. The van der Waals surface area contributed by atoms with E-state index in [1.807, 2.05) is 36.4 Å². The van der Waals surface area contributed by atoms with E-state index in [1.165, 1.54) is 0 Å². The van der Waals surface area contributed by atoms with E-state index in [-0.39, 0.29) is 5.75 Å². The van der Waals surface area contributed by atoms with Crippen LogP contribution in [-0.2, 0) is 6.54 Å². The van der Waals surface area contributed by atoms with E-state index in [0.717, 1.165) is 22.1 Å². The van der Waals surface area contributed by atoms with Crippen LogP contribution < -0.4 is 5.73 Å². The zero-order valence-electron chi connectivity index (χ0n) is 9.76. The largest absolute Gasteiger partial charge is 0.508 e. The highest BCUT2D eigenvalue weighted by Gasteiger charge is 2.11. The molecule has 0 radical (unpaired) electrons. The summed E-state index contributed by atoms with van der Waals surface area (Å²) in [5, 5.41) is 10.7. The van der Waals surface area contributed by atoms with Crippen LogP contribution in [0.2, 0.25) is 0 Å². The quantitative estimate of drug-likeness (QED) is 0.721. The SMILES string of the molecule is NCc1cc2cc(O)cc(-c3ccccc3)c2o1. The van der Waals surface area contributed by atoms with Gasteiger partial charge >= 0.3 is 0 Å². The second-order valence-corrected chi connectivity index (χ2v) is 4.19. The standard InChI is InChI=1S/C15H13NO2/c16-9-13-7-11-6-12(17)8-14(15(11)18-13)10-4-2-1-3-5-10/h1-8,17H,9,16H2. The van der Waals surface area contributed by atoms with Crippen LogP contribution >= 0.6 is 0 Å². The van der Waals surface area contributed by atoms with Crippen LogP contribution in [0.4, 0.5) is 0 Å². The Balaban J connectivity index is 2.30. The third-order valence-corrected chi connectivity index (χ3v) is 2.94. The lowest BCUT2D eigenvalue weighted by molar-refractivity contribution is 0.476. The molecule has 0 aliphatic heterocycles. The molecule has 0 saturated heterocycles. The molecule has 2 aromatic carbocycles. The van der Waals surface area contributed by atoms with Crippen LogP contribution in [0.25, 0.3) is 22.1 Å². The summed E-state index contributed by atoms with van der Waals surface area (Å²) in [5.41, 5.74) is 8.24. The van der Waals surface area contributed by atoms with E-state index >= 15 is 0 Å². The van der Waals surface area contributed by atoms with Gasteiger partial charge in [-0.05, 0) is 23.8 Å². The van der Waals surface area contributed by atoms with Crippen molar-refractivity contribution in [2.45, 2.75) is 6.54 Å². The van der Waals surface area contributed by atoms with Gasteiger partial charge in [-0.2, -0.15) is 0 Å². The summed E-state index contributed by atoms with van der Waals surface area (Å²) in [4.78, 5) is 0. The second-order valence-electron chi connectivity index (χ2n) is 4.19. The summed E-state index contributed by atoms with van der Waals surface area (Å²) in [6, 6.07) is 15.1. The van der Waals surface area contributed by atoms with Gasteiger partial charge in [0.2, 0.25) is 0 Å². The normalized spacial score (nSPS) is 10.9. The molecule has 3 heteroatoms. The van der Waals surface area contributed by atoms with Gasteiger partial charge in [0.15, 0.2) is 0 Å². The van der Waals surface area contributed by atoms with Gasteiger partial charge in [-0.3, -0.25) is 0 Å². The number of phenolic OH excluding ortho intramolecular Hbond substituents is 1. The van der Waals surface area contributed by atoms with Crippen LogP contribution in [0.15, 0.2) is 52.9 Å². The summed E-state index contributed by atoms with van der Waals surface area (Å²) < 4.78 is 5.72. The number of fused-ring (bicyclic) bond motifs is 1. The molecule has 0 unspecified atom stereocenters. The molecule has 1 aromatic heterocycles. The molecule has 3 nitrogen and oxygen atoms in total. The van der Waals surface area contributed by atoms with Gasteiger partial charge < -0.3 is 15.3 Å². The Morgan fingerprint density at radius 1 is 1.06 bits per heavy atom. The summed E-state index contributed by atoms with van der Waals surface area (Å²) >= 11 is 0. The van der Waals surface area contributed by atoms with Crippen molar-refractivity contribution in [3.8, 4) is 16.9 Å². The van der Waals surface area contributed by atoms with Crippen molar-refractivity contribution in [2.75, 3.05) is 0 Å².